The van der Waals surface area contributed by atoms with E-state index in [4.69, 9.17) is 21.3 Å². The summed E-state index contributed by atoms with van der Waals surface area (Å²) in [6, 6.07) is 23.9. The average molecular weight is 515 g/mol. The van der Waals surface area contributed by atoms with Crippen molar-refractivity contribution in [2.45, 2.75) is 19.9 Å². The number of fused-ring (bicyclic) bond motifs is 1. The van der Waals surface area contributed by atoms with Crippen molar-refractivity contribution in [3.8, 4) is 0 Å². The molecule has 0 unspecified atom stereocenters. The van der Waals surface area contributed by atoms with Gasteiger partial charge in [0.25, 0.3) is 5.56 Å². The number of carbonyl (C=O) groups is 1. The molecule has 1 aliphatic heterocycles. The minimum absolute atomic E-state index is 0.204. The van der Waals surface area contributed by atoms with Crippen molar-refractivity contribution in [2.24, 2.45) is 4.99 Å². The lowest BCUT2D eigenvalue weighted by Gasteiger charge is -2.25. The Bertz CT molecular complexity index is 1630. The third-order valence-corrected chi connectivity index (χ3v) is 7.17. The van der Waals surface area contributed by atoms with Crippen molar-refractivity contribution in [1.82, 2.24) is 4.57 Å². The van der Waals surface area contributed by atoms with Crippen LogP contribution in [0, 0.1) is 6.92 Å². The number of nitrogens with zero attached hydrogens (tertiary/aromatic N) is 2. The van der Waals surface area contributed by atoms with Gasteiger partial charge >= 0.3 is 5.97 Å². The number of thiazole rings is 1. The SMILES string of the molecule is CCOC(=O)C1=C(c2ccccc2)N=c2s/c(=C/c3ccc(C)cc3)c(=O)n2[C@H]1c1ccc(Cl)cc1. The first-order valence-corrected chi connectivity index (χ1v) is 12.8. The predicted molar refractivity (Wildman–Crippen MR) is 144 cm³/mol. The Hall–Kier alpha value is -3.74. The predicted octanol–water partition coefficient (Wildman–Crippen LogP) is 4.90. The molecule has 0 N–H and O–H groups in total. The molecule has 0 saturated heterocycles. The summed E-state index contributed by atoms with van der Waals surface area (Å²) in [6.07, 6.45) is 1.86. The van der Waals surface area contributed by atoms with Gasteiger partial charge in [0.1, 0.15) is 0 Å². The Morgan fingerprint density at radius 2 is 1.75 bits per heavy atom. The normalized spacial score (nSPS) is 15.4. The molecule has 7 heteroatoms. The summed E-state index contributed by atoms with van der Waals surface area (Å²) in [4.78, 5) is 32.5. The van der Waals surface area contributed by atoms with E-state index in [1.165, 1.54) is 11.3 Å². The van der Waals surface area contributed by atoms with Crippen LogP contribution in [-0.2, 0) is 9.53 Å². The number of halogens is 1. The number of hydrogen-bond acceptors (Lipinski definition) is 5. The Kier molecular flexibility index (Phi) is 6.72. The number of carbonyl (C=O) groups excluding carboxylic acids is 1. The summed E-state index contributed by atoms with van der Waals surface area (Å²) >= 11 is 7.47. The lowest BCUT2D eigenvalue weighted by Crippen LogP contribution is -2.40. The van der Waals surface area contributed by atoms with E-state index >= 15 is 0 Å². The summed E-state index contributed by atoms with van der Waals surface area (Å²) in [7, 11) is 0. The van der Waals surface area contributed by atoms with E-state index in [-0.39, 0.29) is 12.2 Å². The molecule has 5 rings (SSSR count). The quantitative estimate of drug-likeness (QED) is 0.356. The van der Waals surface area contributed by atoms with Gasteiger partial charge in [-0.2, -0.15) is 0 Å². The molecule has 0 saturated carbocycles. The summed E-state index contributed by atoms with van der Waals surface area (Å²) < 4.78 is 7.60. The number of aromatic nitrogens is 1. The van der Waals surface area contributed by atoms with Crippen LogP contribution < -0.4 is 14.9 Å². The van der Waals surface area contributed by atoms with Crippen molar-refractivity contribution >= 4 is 40.7 Å². The Morgan fingerprint density at radius 1 is 1.06 bits per heavy atom. The van der Waals surface area contributed by atoms with Crippen LogP contribution in [0.15, 0.2) is 94.2 Å². The zero-order valence-electron chi connectivity index (χ0n) is 19.8. The van der Waals surface area contributed by atoms with Gasteiger partial charge in [-0.1, -0.05) is 95.2 Å². The molecule has 0 bridgehead atoms. The van der Waals surface area contributed by atoms with Crippen LogP contribution in [0.2, 0.25) is 5.02 Å². The van der Waals surface area contributed by atoms with E-state index in [9.17, 15) is 9.59 Å². The highest BCUT2D eigenvalue weighted by Crippen LogP contribution is 2.35. The molecule has 1 atom stereocenters. The van der Waals surface area contributed by atoms with Gasteiger partial charge in [-0.15, -0.1) is 0 Å². The fraction of sp³-hybridized carbons (Fsp3) is 0.138. The number of ether oxygens (including phenoxy) is 1. The molecule has 0 aliphatic carbocycles. The average Bonchev–Trinajstić information content (AvgIpc) is 3.20. The van der Waals surface area contributed by atoms with Crippen molar-refractivity contribution in [3.05, 3.63) is 131 Å². The first-order valence-electron chi connectivity index (χ1n) is 11.6. The lowest BCUT2D eigenvalue weighted by molar-refractivity contribution is -0.138. The molecule has 0 radical (unpaired) electrons. The summed E-state index contributed by atoms with van der Waals surface area (Å²) in [5.41, 5.74) is 4.18. The third kappa shape index (κ3) is 4.57. The molecule has 0 spiro atoms. The van der Waals surface area contributed by atoms with E-state index in [1.54, 1.807) is 23.6 Å². The second-order valence-corrected chi connectivity index (χ2v) is 9.84. The Labute approximate surface area is 217 Å². The molecule has 2 heterocycles. The maximum atomic E-state index is 13.8. The molecular weight excluding hydrogens is 492 g/mol. The number of hydrogen-bond donors (Lipinski definition) is 0. The van der Waals surface area contributed by atoms with Crippen molar-refractivity contribution < 1.29 is 9.53 Å². The Balaban J connectivity index is 1.82. The van der Waals surface area contributed by atoms with E-state index in [0.717, 1.165) is 22.3 Å². The van der Waals surface area contributed by atoms with Crippen LogP contribution in [0.5, 0.6) is 0 Å². The second-order valence-electron chi connectivity index (χ2n) is 8.39. The van der Waals surface area contributed by atoms with Crippen LogP contribution in [0.25, 0.3) is 11.8 Å². The largest absolute Gasteiger partial charge is 0.463 e. The number of esters is 1. The van der Waals surface area contributed by atoms with Crippen molar-refractivity contribution in [3.63, 3.8) is 0 Å². The zero-order valence-corrected chi connectivity index (χ0v) is 21.3. The topological polar surface area (TPSA) is 60.7 Å². The van der Waals surface area contributed by atoms with Crippen LogP contribution in [-0.4, -0.2) is 17.1 Å². The monoisotopic (exact) mass is 514 g/mol. The van der Waals surface area contributed by atoms with Gasteiger partial charge < -0.3 is 4.74 Å². The molecule has 5 nitrogen and oxygen atoms in total. The minimum Gasteiger partial charge on any atom is -0.463 e. The van der Waals surface area contributed by atoms with E-state index in [0.29, 0.717) is 25.6 Å². The highest BCUT2D eigenvalue weighted by molar-refractivity contribution is 7.07. The maximum Gasteiger partial charge on any atom is 0.338 e. The zero-order chi connectivity index (χ0) is 25.2. The van der Waals surface area contributed by atoms with Gasteiger partial charge in [-0.05, 0) is 43.2 Å². The molecule has 4 aromatic rings. The molecule has 36 heavy (non-hydrogen) atoms. The van der Waals surface area contributed by atoms with Crippen molar-refractivity contribution in [1.29, 1.82) is 0 Å². The number of aryl methyl sites for hydroxylation is 1. The molecule has 180 valence electrons. The highest BCUT2D eigenvalue weighted by Gasteiger charge is 2.35. The fourth-order valence-corrected chi connectivity index (χ4v) is 5.34. The standard InChI is InChI=1S/C29H23ClN2O3S/c1-3-35-28(34)24-25(20-7-5-4-6-8-20)31-29-32(26(24)21-13-15-22(30)16-14-21)27(33)23(36-29)17-19-11-9-18(2)10-12-19/h4-17,26H,3H2,1-2H3/b23-17+/t26-/m0/s1. The molecule has 0 amide bonds. The van der Waals surface area contributed by atoms with Gasteiger partial charge in [-0.25, -0.2) is 9.79 Å². The molecule has 1 aromatic heterocycles. The summed E-state index contributed by atoms with van der Waals surface area (Å²) in [6.45, 7) is 3.98. The first-order chi connectivity index (χ1) is 17.5. The molecule has 3 aromatic carbocycles. The summed E-state index contributed by atoms with van der Waals surface area (Å²) in [5, 5.41) is 0.565. The van der Waals surface area contributed by atoms with Crippen LogP contribution in [0.1, 0.15) is 35.2 Å². The van der Waals surface area contributed by atoms with Gasteiger partial charge in [0, 0.05) is 10.6 Å². The number of rotatable bonds is 5. The molecule has 1 aliphatic rings. The van der Waals surface area contributed by atoms with E-state index in [1.807, 2.05) is 79.7 Å². The first kappa shape index (κ1) is 24.0. The van der Waals surface area contributed by atoms with Crippen molar-refractivity contribution in [2.75, 3.05) is 6.61 Å². The summed E-state index contributed by atoms with van der Waals surface area (Å²) in [5.74, 6) is -0.507. The highest BCUT2D eigenvalue weighted by atomic mass is 35.5. The maximum absolute atomic E-state index is 13.8. The molecule has 0 fully saturated rings. The number of benzene rings is 3. The van der Waals surface area contributed by atoms with E-state index in [2.05, 4.69) is 0 Å². The minimum atomic E-state index is -0.715. The van der Waals surface area contributed by atoms with Gasteiger partial charge in [0.15, 0.2) is 4.80 Å². The van der Waals surface area contributed by atoms with Gasteiger partial charge in [0.2, 0.25) is 0 Å². The smallest absolute Gasteiger partial charge is 0.338 e. The van der Waals surface area contributed by atoms with Gasteiger partial charge in [-0.3, -0.25) is 9.36 Å². The fourth-order valence-electron chi connectivity index (χ4n) is 4.21. The third-order valence-electron chi connectivity index (χ3n) is 5.93. The second kappa shape index (κ2) is 10.1. The van der Waals surface area contributed by atoms with E-state index < -0.39 is 12.0 Å². The van der Waals surface area contributed by atoms with Gasteiger partial charge in [0.05, 0.1) is 28.5 Å². The molecular formula is C29H23ClN2O3S. The lowest BCUT2D eigenvalue weighted by atomic mass is 9.93. The van der Waals surface area contributed by atoms with Crippen LogP contribution in [0.3, 0.4) is 0 Å². The van der Waals surface area contributed by atoms with Crippen LogP contribution >= 0.6 is 22.9 Å². The van der Waals surface area contributed by atoms with Crippen LogP contribution in [0.4, 0.5) is 0 Å². The Morgan fingerprint density at radius 3 is 2.42 bits per heavy atom.